The highest BCUT2D eigenvalue weighted by Gasteiger charge is 2.36. The highest BCUT2D eigenvalue weighted by atomic mass is 127. The summed E-state index contributed by atoms with van der Waals surface area (Å²) in [5, 5.41) is 6.84. The Hall–Kier alpha value is -0.720. The summed E-state index contributed by atoms with van der Waals surface area (Å²) in [4.78, 5) is 4.27. The number of hydrogen-bond acceptors (Lipinski definition) is 1. The number of hydrogen-bond donors (Lipinski definition) is 2. The number of guanidine groups is 1. The van der Waals surface area contributed by atoms with E-state index in [-0.39, 0.29) is 24.0 Å². The fourth-order valence-corrected chi connectivity index (χ4v) is 2.34. The molecule has 2 unspecified atom stereocenters. The van der Waals surface area contributed by atoms with Gasteiger partial charge in [-0.1, -0.05) is 13.3 Å². The highest BCUT2D eigenvalue weighted by molar-refractivity contribution is 14.0. The van der Waals surface area contributed by atoms with E-state index in [1.165, 1.54) is 24.8 Å². The van der Waals surface area contributed by atoms with Gasteiger partial charge in [0.1, 0.15) is 0 Å². The molecule has 1 fully saturated rings. The Labute approximate surface area is 133 Å². The highest BCUT2D eigenvalue weighted by Crippen LogP contribution is 2.34. The second kappa shape index (κ2) is 7.77. The van der Waals surface area contributed by atoms with Gasteiger partial charge in [0.2, 0.25) is 0 Å². The third kappa shape index (κ3) is 5.04. The average molecular weight is 376 g/mol. The number of nitrogens with one attached hydrogen (secondary N) is 2. The molecule has 19 heavy (non-hydrogen) atoms. The van der Waals surface area contributed by atoms with E-state index < -0.39 is 0 Å². The summed E-state index contributed by atoms with van der Waals surface area (Å²) in [5.74, 6) is 1.77. The quantitative estimate of drug-likeness (QED) is 0.471. The van der Waals surface area contributed by atoms with Crippen LogP contribution in [0.4, 0.5) is 0 Å². The standard InChI is InChI=1S/C14H24N4.HI/c1-4-5-12-8-13(12)17-14(15-2)16-9-11-6-7-18(3)10-11;/h6-7,10,12-13H,4-5,8-9H2,1-3H3,(H2,15,16,17);1H. The van der Waals surface area contributed by atoms with Gasteiger partial charge in [0.25, 0.3) is 0 Å². The molecule has 2 atom stereocenters. The number of halogens is 1. The lowest BCUT2D eigenvalue weighted by Gasteiger charge is -2.11. The smallest absolute Gasteiger partial charge is 0.191 e. The SMILES string of the molecule is CCCC1CC1NC(=NC)NCc1ccn(C)c1.I. The second-order valence-corrected chi connectivity index (χ2v) is 5.15. The van der Waals surface area contributed by atoms with E-state index in [0.29, 0.717) is 6.04 Å². The topological polar surface area (TPSA) is 41.4 Å². The Balaban J connectivity index is 0.00000180. The van der Waals surface area contributed by atoms with Crippen molar-refractivity contribution in [3.05, 3.63) is 24.0 Å². The lowest BCUT2D eigenvalue weighted by Crippen LogP contribution is -2.38. The van der Waals surface area contributed by atoms with Crippen molar-refractivity contribution in [2.75, 3.05) is 7.05 Å². The molecule has 2 rings (SSSR count). The first-order valence-corrected chi connectivity index (χ1v) is 6.81. The second-order valence-electron chi connectivity index (χ2n) is 5.15. The molecule has 0 amide bonds. The van der Waals surface area contributed by atoms with Crippen LogP contribution in [0.15, 0.2) is 23.5 Å². The Morgan fingerprint density at radius 3 is 2.89 bits per heavy atom. The lowest BCUT2D eigenvalue weighted by molar-refractivity contribution is 0.655. The van der Waals surface area contributed by atoms with E-state index in [1.54, 1.807) is 0 Å². The maximum absolute atomic E-state index is 4.27. The summed E-state index contributed by atoms with van der Waals surface area (Å²) >= 11 is 0. The third-order valence-electron chi connectivity index (χ3n) is 3.48. The van der Waals surface area contributed by atoms with Gasteiger partial charge < -0.3 is 15.2 Å². The summed E-state index contributed by atoms with van der Waals surface area (Å²) in [6, 6.07) is 2.75. The molecule has 1 aromatic heterocycles. The number of rotatable bonds is 5. The largest absolute Gasteiger partial charge is 0.357 e. The maximum Gasteiger partial charge on any atom is 0.191 e. The fraction of sp³-hybridized carbons (Fsp3) is 0.643. The van der Waals surface area contributed by atoms with Crippen LogP contribution < -0.4 is 10.6 Å². The van der Waals surface area contributed by atoms with Crippen molar-refractivity contribution in [2.24, 2.45) is 18.0 Å². The molecule has 1 heterocycles. The van der Waals surface area contributed by atoms with Crippen LogP contribution in [0, 0.1) is 5.92 Å². The normalized spacial score (nSPS) is 21.7. The van der Waals surface area contributed by atoms with Gasteiger partial charge in [-0.25, -0.2) is 0 Å². The van der Waals surface area contributed by atoms with Gasteiger partial charge in [0.15, 0.2) is 5.96 Å². The van der Waals surface area contributed by atoms with E-state index in [4.69, 9.17) is 0 Å². The Morgan fingerprint density at radius 1 is 1.53 bits per heavy atom. The van der Waals surface area contributed by atoms with Crippen LogP contribution in [0.3, 0.4) is 0 Å². The maximum atomic E-state index is 4.27. The molecule has 5 heteroatoms. The molecule has 0 aromatic carbocycles. The average Bonchev–Trinajstić information content (AvgIpc) is 2.95. The Bertz CT molecular complexity index is 413. The van der Waals surface area contributed by atoms with Crippen LogP contribution in [-0.2, 0) is 13.6 Å². The van der Waals surface area contributed by atoms with Crippen LogP contribution in [0.25, 0.3) is 0 Å². The van der Waals surface area contributed by atoms with E-state index in [9.17, 15) is 0 Å². The van der Waals surface area contributed by atoms with Crippen molar-refractivity contribution >= 4 is 29.9 Å². The molecule has 1 aliphatic rings. The van der Waals surface area contributed by atoms with Crippen molar-refractivity contribution in [2.45, 2.75) is 38.8 Å². The third-order valence-corrected chi connectivity index (χ3v) is 3.48. The van der Waals surface area contributed by atoms with Gasteiger partial charge in [-0.3, -0.25) is 4.99 Å². The molecule has 1 saturated carbocycles. The van der Waals surface area contributed by atoms with E-state index in [1.807, 2.05) is 14.1 Å². The zero-order valence-electron chi connectivity index (χ0n) is 12.0. The number of nitrogens with zero attached hydrogens (tertiary/aromatic N) is 2. The minimum Gasteiger partial charge on any atom is -0.357 e. The predicted octanol–water partition coefficient (Wildman–Crippen LogP) is 2.50. The van der Waals surface area contributed by atoms with Crippen LogP contribution in [0.5, 0.6) is 0 Å². The van der Waals surface area contributed by atoms with Gasteiger partial charge in [0.05, 0.1) is 0 Å². The molecule has 1 aliphatic carbocycles. The van der Waals surface area contributed by atoms with Crippen LogP contribution in [-0.4, -0.2) is 23.6 Å². The molecule has 0 saturated heterocycles. The number of aryl methyl sites for hydroxylation is 1. The monoisotopic (exact) mass is 376 g/mol. The molecule has 0 radical (unpaired) electrons. The van der Waals surface area contributed by atoms with Crippen LogP contribution >= 0.6 is 24.0 Å². The van der Waals surface area contributed by atoms with Crippen LogP contribution in [0.1, 0.15) is 31.7 Å². The molecule has 0 aliphatic heterocycles. The summed E-state index contributed by atoms with van der Waals surface area (Å²) in [5.41, 5.74) is 1.28. The first-order chi connectivity index (χ1) is 8.72. The molecule has 0 spiro atoms. The van der Waals surface area contributed by atoms with Crippen molar-refractivity contribution < 1.29 is 0 Å². The number of aromatic nitrogens is 1. The molecule has 2 N–H and O–H groups in total. The molecule has 4 nitrogen and oxygen atoms in total. The van der Waals surface area contributed by atoms with E-state index >= 15 is 0 Å². The van der Waals surface area contributed by atoms with Crippen molar-refractivity contribution in [3.63, 3.8) is 0 Å². The summed E-state index contributed by atoms with van der Waals surface area (Å²) in [6.45, 7) is 3.07. The van der Waals surface area contributed by atoms with E-state index in [2.05, 4.69) is 45.6 Å². The number of aliphatic imine (C=N–C) groups is 1. The lowest BCUT2D eigenvalue weighted by atomic mass is 10.2. The molecular formula is C14H25IN4. The molecular weight excluding hydrogens is 351 g/mol. The van der Waals surface area contributed by atoms with Gasteiger partial charge in [0, 0.05) is 39.1 Å². The van der Waals surface area contributed by atoms with Crippen molar-refractivity contribution in [3.8, 4) is 0 Å². The van der Waals surface area contributed by atoms with Gasteiger partial charge in [-0.05, 0) is 30.4 Å². The molecule has 108 valence electrons. The molecule has 0 bridgehead atoms. The predicted molar refractivity (Wildman–Crippen MR) is 91.0 cm³/mol. The summed E-state index contributed by atoms with van der Waals surface area (Å²) in [7, 11) is 3.87. The Morgan fingerprint density at radius 2 is 2.32 bits per heavy atom. The van der Waals surface area contributed by atoms with Gasteiger partial charge >= 0.3 is 0 Å². The van der Waals surface area contributed by atoms with Gasteiger partial charge in [-0.2, -0.15) is 0 Å². The summed E-state index contributed by atoms with van der Waals surface area (Å²) in [6.07, 6.45) is 8.08. The van der Waals surface area contributed by atoms with Crippen molar-refractivity contribution in [1.29, 1.82) is 0 Å². The Kier molecular flexibility index (Phi) is 6.68. The van der Waals surface area contributed by atoms with Crippen LogP contribution in [0.2, 0.25) is 0 Å². The van der Waals surface area contributed by atoms with E-state index in [0.717, 1.165) is 18.4 Å². The zero-order chi connectivity index (χ0) is 13.0. The first kappa shape index (κ1) is 16.3. The first-order valence-electron chi connectivity index (χ1n) is 6.81. The minimum atomic E-state index is 0. The fourth-order valence-electron chi connectivity index (χ4n) is 2.34. The van der Waals surface area contributed by atoms with Crippen molar-refractivity contribution in [1.82, 2.24) is 15.2 Å². The zero-order valence-corrected chi connectivity index (χ0v) is 14.3. The molecule has 1 aromatic rings. The van der Waals surface area contributed by atoms with Gasteiger partial charge in [-0.15, -0.1) is 24.0 Å². The minimum absolute atomic E-state index is 0. The summed E-state index contributed by atoms with van der Waals surface area (Å²) < 4.78 is 2.06.